The fraction of sp³-hybridized carbons (Fsp3) is 0.240. The van der Waals surface area contributed by atoms with E-state index in [1.54, 1.807) is 24.3 Å². The molecule has 1 amide bonds. The third kappa shape index (κ3) is 3.72. The highest BCUT2D eigenvalue weighted by Gasteiger charge is 2.51. The molecule has 0 aromatic heterocycles. The molecule has 1 heterocycles. The number of rotatable bonds is 5. The molecule has 1 aliphatic carbocycles. The monoisotopic (exact) mass is 433 g/mol. The molecule has 0 saturated heterocycles. The number of hydrogen-bond donors (Lipinski definition) is 1. The van der Waals surface area contributed by atoms with Crippen molar-refractivity contribution in [2.45, 2.75) is 29.6 Å². The highest BCUT2D eigenvalue weighted by atomic mass is 32.2. The zero-order valence-electron chi connectivity index (χ0n) is 17.2. The minimum Gasteiger partial charge on any atom is -0.493 e. The smallest absolute Gasteiger partial charge is 0.235 e. The zero-order valence-corrected chi connectivity index (χ0v) is 18.0. The van der Waals surface area contributed by atoms with Gasteiger partial charge in [0.2, 0.25) is 5.91 Å². The van der Waals surface area contributed by atoms with Crippen LogP contribution >= 0.6 is 0 Å². The highest BCUT2D eigenvalue weighted by Crippen LogP contribution is 2.50. The fourth-order valence-electron chi connectivity index (χ4n) is 4.16. The topological polar surface area (TPSA) is 72.5 Å². The van der Waals surface area contributed by atoms with E-state index in [2.05, 4.69) is 17.4 Å². The van der Waals surface area contributed by atoms with Crippen LogP contribution in [0.25, 0.3) is 11.1 Å². The summed E-state index contributed by atoms with van der Waals surface area (Å²) in [7, 11) is -3.23. The van der Waals surface area contributed by atoms with Gasteiger partial charge in [0.1, 0.15) is 5.75 Å². The van der Waals surface area contributed by atoms with Crippen LogP contribution in [0.2, 0.25) is 0 Å². The number of carbonyl (C=O) groups excluding carboxylic acids is 1. The first kappa shape index (κ1) is 19.8. The van der Waals surface area contributed by atoms with Crippen molar-refractivity contribution in [2.24, 2.45) is 0 Å². The largest absolute Gasteiger partial charge is 0.493 e. The van der Waals surface area contributed by atoms with Gasteiger partial charge in [-0.2, -0.15) is 0 Å². The van der Waals surface area contributed by atoms with Crippen LogP contribution in [0.3, 0.4) is 0 Å². The van der Waals surface area contributed by atoms with E-state index in [9.17, 15) is 13.2 Å². The molecule has 0 unspecified atom stereocenters. The Morgan fingerprint density at radius 3 is 2.45 bits per heavy atom. The molecule has 6 heteroatoms. The van der Waals surface area contributed by atoms with E-state index < -0.39 is 15.3 Å². The van der Waals surface area contributed by atoms with Gasteiger partial charge in [-0.25, -0.2) is 8.42 Å². The van der Waals surface area contributed by atoms with Gasteiger partial charge in [0.25, 0.3) is 0 Å². The Bertz CT molecular complexity index is 1280. The molecule has 5 nitrogen and oxygen atoms in total. The second-order valence-electron chi connectivity index (χ2n) is 8.33. The van der Waals surface area contributed by atoms with Crippen molar-refractivity contribution < 1.29 is 17.9 Å². The lowest BCUT2D eigenvalue weighted by Crippen LogP contribution is -2.27. The number of benzene rings is 3. The summed E-state index contributed by atoms with van der Waals surface area (Å²) in [4.78, 5) is 13.5. The van der Waals surface area contributed by atoms with Crippen molar-refractivity contribution in [1.82, 2.24) is 0 Å². The number of hydrogen-bond acceptors (Lipinski definition) is 4. The molecule has 0 bridgehead atoms. The zero-order chi connectivity index (χ0) is 21.6. The van der Waals surface area contributed by atoms with Crippen molar-refractivity contribution in [3.63, 3.8) is 0 Å². The minimum absolute atomic E-state index is 0.00461. The van der Waals surface area contributed by atoms with Gasteiger partial charge in [0.15, 0.2) is 9.84 Å². The lowest BCUT2D eigenvalue weighted by molar-refractivity contribution is -0.118. The Hall–Kier alpha value is -3.12. The average Bonchev–Trinajstić information content (AvgIpc) is 3.44. The predicted octanol–water partition coefficient (Wildman–Crippen LogP) is 4.36. The number of nitrogens with one attached hydrogen (secondary N) is 1. The predicted molar refractivity (Wildman–Crippen MR) is 120 cm³/mol. The van der Waals surface area contributed by atoms with Gasteiger partial charge in [-0.1, -0.05) is 36.4 Å². The van der Waals surface area contributed by atoms with E-state index in [1.807, 2.05) is 30.3 Å². The van der Waals surface area contributed by atoms with Crippen molar-refractivity contribution in [3.8, 4) is 16.9 Å². The van der Waals surface area contributed by atoms with Crippen molar-refractivity contribution >= 4 is 21.4 Å². The number of ether oxygens (including phenoxy) is 1. The Morgan fingerprint density at radius 2 is 1.74 bits per heavy atom. The van der Waals surface area contributed by atoms with Crippen LogP contribution in [-0.2, 0) is 26.5 Å². The first-order chi connectivity index (χ1) is 14.8. The molecule has 5 rings (SSSR count). The van der Waals surface area contributed by atoms with Crippen molar-refractivity contribution in [2.75, 3.05) is 18.2 Å². The van der Waals surface area contributed by atoms with Crippen LogP contribution in [0.15, 0.2) is 71.6 Å². The third-order valence-electron chi connectivity index (χ3n) is 6.17. The average molecular weight is 434 g/mol. The van der Waals surface area contributed by atoms with Gasteiger partial charge in [0.05, 0.1) is 16.9 Å². The normalized spacial score (nSPS) is 16.3. The summed E-state index contributed by atoms with van der Waals surface area (Å²) < 4.78 is 29.0. The number of sulfone groups is 1. The van der Waals surface area contributed by atoms with Crippen LogP contribution in [0.1, 0.15) is 24.0 Å². The second kappa shape index (κ2) is 7.24. The molecule has 0 atom stereocenters. The van der Waals surface area contributed by atoms with Gasteiger partial charge in [-0.3, -0.25) is 4.79 Å². The Morgan fingerprint density at radius 1 is 0.968 bits per heavy atom. The molecule has 1 N–H and O–H groups in total. The Labute approximate surface area is 182 Å². The van der Waals surface area contributed by atoms with E-state index in [0.717, 1.165) is 47.4 Å². The quantitative estimate of drug-likeness (QED) is 0.649. The van der Waals surface area contributed by atoms with Crippen molar-refractivity contribution in [1.29, 1.82) is 0 Å². The van der Waals surface area contributed by atoms with Crippen LogP contribution in [0.4, 0.5) is 5.69 Å². The standard InChI is InChI=1S/C25H23NO4S/c1-31(28,29)22-9-6-17(7-10-22)19-3-2-4-21(15-19)26-24(27)25(12-13-25)20-8-5-18-11-14-30-23(18)16-20/h2-10,15-16H,11-14H2,1H3,(H,26,27). The van der Waals surface area contributed by atoms with E-state index in [0.29, 0.717) is 6.61 Å². The number of fused-ring (bicyclic) bond motifs is 1. The molecular formula is C25H23NO4S. The maximum Gasteiger partial charge on any atom is 0.235 e. The minimum atomic E-state index is -3.23. The highest BCUT2D eigenvalue weighted by molar-refractivity contribution is 7.90. The van der Waals surface area contributed by atoms with E-state index in [1.165, 1.54) is 11.8 Å². The van der Waals surface area contributed by atoms with Gasteiger partial charge in [-0.05, 0) is 65.4 Å². The molecule has 2 aliphatic rings. The lowest BCUT2D eigenvalue weighted by Gasteiger charge is -2.17. The van der Waals surface area contributed by atoms with E-state index in [4.69, 9.17) is 4.74 Å². The number of carbonyl (C=O) groups is 1. The van der Waals surface area contributed by atoms with Crippen LogP contribution < -0.4 is 10.1 Å². The molecule has 3 aromatic carbocycles. The molecule has 1 saturated carbocycles. The van der Waals surface area contributed by atoms with Crippen LogP contribution in [-0.4, -0.2) is 27.2 Å². The summed E-state index contributed by atoms with van der Waals surface area (Å²) in [5.74, 6) is 0.895. The molecule has 3 aromatic rings. The lowest BCUT2D eigenvalue weighted by atomic mass is 9.93. The number of amides is 1. The molecule has 0 radical (unpaired) electrons. The second-order valence-corrected chi connectivity index (χ2v) is 10.4. The summed E-state index contributed by atoms with van der Waals surface area (Å²) in [5, 5.41) is 3.08. The van der Waals surface area contributed by atoms with Gasteiger partial charge < -0.3 is 10.1 Å². The molecule has 1 fully saturated rings. The summed E-state index contributed by atoms with van der Waals surface area (Å²) >= 11 is 0. The summed E-state index contributed by atoms with van der Waals surface area (Å²) in [6.07, 6.45) is 3.76. The first-order valence-electron chi connectivity index (χ1n) is 10.3. The number of anilines is 1. The molecule has 158 valence electrons. The SMILES string of the molecule is CS(=O)(=O)c1ccc(-c2cccc(NC(=O)C3(c4ccc5c(c4)OCC5)CC3)c2)cc1. The molecule has 1 aliphatic heterocycles. The van der Waals surface area contributed by atoms with E-state index in [-0.39, 0.29) is 10.8 Å². The van der Waals surface area contributed by atoms with E-state index >= 15 is 0 Å². The fourth-order valence-corrected chi connectivity index (χ4v) is 4.79. The molecule has 0 spiro atoms. The van der Waals surface area contributed by atoms with Gasteiger partial charge in [-0.15, -0.1) is 0 Å². The Kier molecular flexibility index (Phi) is 4.63. The molecular weight excluding hydrogens is 410 g/mol. The maximum atomic E-state index is 13.2. The third-order valence-corrected chi connectivity index (χ3v) is 7.30. The van der Waals surface area contributed by atoms with Crippen LogP contribution in [0, 0.1) is 0 Å². The maximum absolute atomic E-state index is 13.2. The Balaban J connectivity index is 1.37. The summed E-state index contributed by atoms with van der Waals surface area (Å²) in [5.41, 5.74) is 4.24. The van der Waals surface area contributed by atoms with Crippen molar-refractivity contribution in [3.05, 3.63) is 77.9 Å². The van der Waals surface area contributed by atoms with Gasteiger partial charge >= 0.3 is 0 Å². The van der Waals surface area contributed by atoms with Crippen LogP contribution in [0.5, 0.6) is 5.75 Å². The summed E-state index contributed by atoms with van der Waals surface area (Å²) in [6.45, 7) is 0.704. The summed E-state index contributed by atoms with van der Waals surface area (Å²) in [6, 6.07) is 20.5. The molecule has 31 heavy (non-hydrogen) atoms. The first-order valence-corrected chi connectivity index (χ1v) is 12.2. The van der Waals surface area contributed by atoms with Gasteiger partial charge in [0, 0.05) is 18.4 Å².